The second-order valence-corrected chi connectivity index (χ2v) is 7.56. The van der Waals surface area contributed by atoms with Gasteiger partial charge in [0.05, 0.1) is 29.7 Å². The number of halogens is 1. The second-order valence-electron chi connectivity index (χ2n) is 4.75. The van der Waals surface area contributed by atoms with Crippen LogP contribution in [0.1, 0.15) is 11.4 Å². The van der Waals surface area contributed by atoms with Crippen molar-refractivity contribution in [2.75, 3.05) is 24.3 Å². The average Bonchev–Trinajstić information content (AvgIpc) is 2.80. The van der Waals surface area contributed by atoms with Crippen molar-refractivity contribution >= 4 is 46.3 Å². The van der Waals surface area contributed by atoms with Crippen LogP contribution in [0.5, 0.6) is 11.5 Å². The number of thioether (sulfide) groups is 1. The zero-order valence-electron chi connectivity index (χ0n) is 12.3. The maximum atomic E-state index is 12.1. The van der Waals surface area contributed by atoms with Crippen LogP contribution in [-0.4, -0.2) is 35.1 Å². The first kappa shape index (κ1) is 16.4. The summed E-state index contributed by atoms with van der Waals surface area (Å²) in [5.74, 6) is 1.26. The molecule has 0 aliphatic carbocycles. The van der Waals surface area contributed by atoms with Crippen molar-refractivity contribution in [3.8, 4) is 11.5 Å². The van der Waals surface area contributed by atoms with Gasteiger partial charge in [0, 0.05) is 18.6 Å². The Labute approximate surface area is 146 Å². The Bertz CT molecular complexity index is 723. The molecule has 1 aromatic carbocycles. The molecule has 1 aliphatic heterocycles. The van der Waals surface area contributed by atoms with Crippen LogP contribution in [0.25, 0.3) is 0 Å². The number of carbonyl (C=O) groups excluding carboxylic acids is 1. The van der Waals surface area contributed by atoms with Gasteiger partial charge in [0.2, 0.25) is 5.91 Å². The summed E-state index contributed by atoms with van der Waals surface area (Å²) in [5, 5.41) is 12.0. The van der Waals surface area contributed by atoms with E-state index in [0.29, 0.717) is 35.4 Å². The molecule has 0 radical (unpaired) electrons. The number of ether oxygens (including phenoxy) is 2. The maximum absolute atomic E-state index is 12.1. The lowest BCUT2D eigenvalue weighted by molar-refractivity contribution is -0.113. The van der Waals surface area contributed by atoms with E-state index >= 15 is 0 Å². The molecule has 0 unspecified atom stereocenters. The van der Waals surface area contributed by atoms with Crippen molar-refractivity contribution in [2.45, 2.75) is 17.7 Å². The predicted molar refractivity (Wildman–Crippen MR) is 91.1 cm³/mol. The number of carbonyl (C=O) groups is 1. The Hall–Kier alpha value is -1.51. The SMILES string of the molecule is Cc1nnc(SCC(=O)Nc2cc3c(cc2Cl)OCCCO3)s1. The average molecular weight is 372 g/mol. The lowest BCUT2D eigenvalue weighted by Gasteiger charge is -2.12. The molecule has 0 spiro atoms. The van der Waals surface area contributed by atoms with Gasteiger partial charge in [-0.3, -0.25) is 4.79 Å². The molecule has 1 aromatic heterocycles. The Morgan fingerprint density at radius 1 is 1.35 bits per heavy atom. The van der Waals surface area contributed by atoms with E-state index in [4.69, 9.17) is 21.1 Å². The molecule has 0 atom stereocenters. The summed E-state index contributed by atoms with van der Waals surface area (Å²) in [7, 11) is 0. The summed E-state index contributed by atoms with van der Waals surface area (Å²) < 4.78 is 11.9. The highest BCUT2D eigenvalue weighted by Gasteiger charge is 2.16. The van der Waals surface area contributed by atoms with Crippen molar-refractivity contribution in [1.82, 2.24) is 10.2 Å². The van der Waals surface area contributed by atoms with Crippen LogP contribution in [0.15, 0.2) is 16.5 Å². The monoisotopic (exact) mass is 371 g/mol. The van der Waals surface area contributed by atoms with Gasteiger partial charge in [0.15, 0.2) is 15.8 Å². The number of rotatable bonds is 4. The number of aryl methyl sites for hydroxylation is 1. The highest BCUT2D eigenvalue weighted by atomic mass is 35.5. The first-order valence-corrected chi connectivity index (χ1v) is 9.12. The van der Waals surface area contributed by atoms with Crippen molar-refractivity contribution in [3.05, 3.63) is 22.2 Å². The lowest BCUT2D eigenvalue weighted by atomic mass is 10.2. The van der Waals surface area contributed by atoms with Gasteiger partial charge in [-0.25, -0.2) is 0 Å². The molecular weight excluding hydrogens is 358 g/mol. The van der Waals surface area contributed by atoms with Crippen LogP contribution < -0.4 is 14.8 Å². The molecule has 2 aromatic rings. The van der Waals surface area contributed by atoms with E-state index in [-0.39, 0.29) is 11.7 Å². The van der Waals surface area contributed by atoms with E-state index in [0.717, 1.165) is 15.8 Å². The summed E-state index contributed by atoms with van der Waals surface area (Å²) in [4.78, 5) is 12.1. The molecule has 23 heavy (non-hydrogen) atoms. The lowest BCUT2D eigenvalue weighted by Crippen LogP contribution is -2.14. The number of benzene rings is 1. The van der Waals surface area contributed by atoms with Crippen LogP contribution in [0.4, 0.5) is 5.69 Å². The summed E-state index contributed by atoms with van der Waals surface area (Å²) in [5.41, 5.74) is 0.509. The molecule has 0 saturated heterocycles. The summed E-state index contributed by atoms with van der Waals surface area (Å²) in [6.07, 6.45) is 0.811. The molecule has 1 amide bonds. The molecule has 1 aliphatic rings. The fourth-order valence-electron chi connectivity index (χ4n) is 1.93. The van der Waals surface area contributed by atoms with Gasteiger partial charge in [0.25, 0.3) is 0 Å². The van der Waals surface area contributed by atoms with Gasteiger partial charge in [-0.1, -0.05) is 34.7 Å². The van der Waals surface area contributed by atoms with Crippen LogP contribution >= 0.6 is 34.7 Å². The third-order valence-corrected chi connectivity index (χ3v) is 5.23. The number of amides is 1. The topological polar surface area (TPSA) is 73.3 Å². The van der Waals surface area contributed by atoms with E-state index in [9.17, 15) is 4.79 Å². The summed E-state index contributed by atoms with van der Waals surface area (Å²) in [6.45, 7) is 3.04. The first-order chi connectivity index (χ1) is 11.1. The minimum absolute atomic E-state index is 0.167. The minimum Gasteiger partial charge on any atom is -0.490 e. The van der Waals surface area contributed by atoms with E-state index < -0.39 is 0 Å². The number of nitrogens with one attached hydrogen (secondary N) is 1. The number of fused-ring (bicyclic) bond motifs is 1. The largest absolute Gasteiger partial charge is 0.490 e. The number of hydrogen-bond acceptors (Lipinski definition) is 7. The Balaban J connectivity index is 1.64. The first-order valence-electron chi connectivity index (χ1n) is 6.94. The third-order valence-electron chi connectivity index (χ3n) is 2.95. The Kier molecular flexibility index (Phi) is 5.24. The summed E-state index contributed by atoms with van der Waals surface area (Å²) >= 11 is 9.00. The van der Waals surface area contributed by atoms with Gasteiger partial charge >= 0.3 is 0 Å². The number of aromatic nitrogens is 2. The molecule has 9 heteroatoms. The van der Waals surface area contributed by atoms with Crippen LogP contribution in [0, 0.1) is 6.92 Å². The van der Waals surface area contributed by atoms with Crippen molar-refractivity contribution in [2.24, 2.45) is 0 Å². The van der Waals surface area contributed by atoms with Gasteiger partial charge in [-0.05, 0) is 6.92 Å². The summed E-state index contributed by atoms with van der Waals surface area (Å²) in [6, 6.07) is 3.36. The van der Waals surface area contributed by atoms with Crippen LogP contribution in [0.2, 0.25) is 5.02 Å². The molecule has 0 saturated carbocycles. The highest BCUT2D eigenvalue weighted by molar-refractivity contribution is 8.01. The third kappa shape index (κ3) is 4.27. The van der Waals surface area contributed by atoms with Crippen LogP contribution in [0.3, 0.4) is 0 Å². The number of hydrogen-bond donors (Lipinski definition) is 1. The Morgan fingerprint density at radius 2 is 2.09 bits per heavy atom. The molecule has 6 nitrogen and oxygen atoms in total. The minimum atomic E-state index is -0.167. The van der Waals surface area contributed by atoms with Crippen molar-refractivity contribution in [3.63, 3.8) is 0 Å². The van der Waals surface area contributed by atoms with Gasteiger partial charge in [0.1, 0.15) is 5.01 Å². The normalized spacial score (nSPS) is 13.5. The van der Waals surface area contributed by atoms with E-state index in [1.165, 1.54) is 23.1 Å². The number of nitrogens with zero attached hydrogens (tertiary/aromatic N) is 2. The van der Waals surface area contributed by atoms with Crippen LogP contribution in [-0.2, 0) is 4.79 Å². The Morgan fingerprint density at radius 3 is 2.78 bits per heavy atom. The molecule has 1 N–H and O–H groups in total. The fourth-order valence-corrected chi connectivity index (χ4v) is 3.75. The molecule has 0 fully saturated rings. The van der Waals surface area contributed by atoms with E-state index in [1.807, 2.05) is 6.92 Å². The maximum Gasteiger partial charge on any atom is 0.234 e. The van der Waals surface area contributed by atoms with Crippen molar-refractivity contribution in [1.29, 1.82) is 0 Å². The number of anilines is 1. The zero-order valence-corrected chi connectivity index (χ0v) is 14.7. The zero-order chi connectivity index (χ0) is 16.2. The highest BCUT2D eigenvalue weighted by Crippen LogP contribution is 2.37. The van der Waals surface area contributed by atoms with E-state index in [1.54, 1.807) is 12.1 Å². The molecule has 3 rings (SSSR count). The molecule has 122 valence electrons. The fraction of sp³-hybridized carbons (Fsp3) is 0.357. The van der Waals surface area contributed by atoms with Gasteiger partial charge < -0.3 is 14.8 Å². The predicted octanol–water partition coefficient (Wildman–Crippen LogP) is 3.39. The molecule has 2 heterocycles. The van der Waals surface area contributed by atoms with Gasteiger partial charge in [-0.2, -0.15) is 0 Å². The molecular formula is C14H14ClN3O3S2. The quantitative estimate of drug-likeness (QED) is 0.830. The standard InChI is InChI=1S/C14H14ClN3O3S2/c1-8-17-18-14(23-8)22-7-13(19)16-10-6-12-11(5-9(10)15)20-3-2-4-21-12/h5-6H,2-4,7H2,1H3,(H,16,19). The smallest absolute Gasteiger partial charge is 0.234 e. The van der Waals surface area contributed by atoms with E-state index in [2.05, 4.69) is 15.5 Å². The van der Waals surface area contributed by atoms with Gasteiger partial charge in [-0.15, -0.1) is 10.2 Å². The van der Waals surface area contributed by atoms with Crippen molar-refractivity contribution < 1.29 is 14.3 Å². The molecule has 0 bridgehead atoms. The second kappa shape index (κ2) is 7.37.